The van der Waals surface area contributed by atoms with Crippen molar-refractivity contribution in [1.29, 1.82) is 0 Å². The fourth-order valence-corrected chi connectivity index (χ4v) is 3.31. The van der Waals surface area contributed by atoms with E-state index in [0.717, 1.165) is 38.6 Å². The minimum absolute atomic E-state index is 0.524. The number of hydrogen-bond acceptors (Lipinski definition) is 3. The van der Waals surface area contributed by atoms with E-state index in [2.05, 4.69) is 10.2 Å². The molecule has 2 bridgehead atoms. The first-order chi connectivity index (χ1) is 7.38. The highest BCUT2D eigenvalue weighted by atomic mass is 16.1. The van der Waals surface area contributed by atoms with Crippen LogP contribution in [0.25, 0.3) is 0 Å². The van der Waals surface area contributed by atoms with Gasteiger partial charge in [-0.2, -0.15) is 0 Å². The van der Waals surface area contributed by atoms with E-state index in [9.17, 15) is 4.79 Å². The van der Waals surface area contributed by atoms with Gasteiger partial charge in [-0.15, -0.1) is 0 Å². The fraction of sp³-hybridized carbons (Fsp3) is 0.909. The smallest absolute Gasteiger partial charge is 0.210 e. The third-order valence-electron chi connectivity index (χ3n) is 4.22. The van der Waals surface area contributed by atoms with E-state index < -0.39 is 0 Å². The van der Waals surface area contributed by atoms with Crippen molar-refractivity contribution in [3.05, 3.63) is 0 Å². The molecule has 0 aromatic rings. The van der Waals surface area contributed by atoms with Gasteiger partial charge >= 0.3 is 0 Å². The summed E-state index contributed by atoms with van der Waals surface area (Å²) in [7, 11) is 0. The van der Waals surface area contributed by atoms with E-state index >= 15 is 0 Å². The number of amides is 1. The van der Waals surface area contributed by atoms with Gasteiger partial charge < -0.3 is 10.2 Å². The number of nitrogens with one attached hydrogen (secondary N) is 1. The van der Waals surface area contributed by atoms with E-state index in [1.54, 1.807) is 0 Å². The molecule has 1 N–H and O–H groups in total. The summed E-state index contributed by atoms with van der Waals surface area (Å²) in [6.07, 6.45) is 4.83. The number of carbonyl (C=O) groups is 1. The largest absolute Gasteiger partial charge is 0.337 e. The topological polar surface area (TPSA) is 35.6 Å². The highest BCUT2D eigenvalue weighted by Crippen LogP contribution is 2.32. The minimum atomic E-state index is 0.524. The lowest BCUT2D eigenvalue weighted by atomic mass is 9.86. The number of nitrogens with zero attached hydrogens (tertiary/aromatic N) is 2. The van der Waals surface area contributed by atoms with E-state index in [4.69, 9.17) is 0 Å². The van der Waals surface area contributed by atoms with Gasteiger partial charge in [0.05, 0.1) is 0 Å². The van der Waals surface area contributed by atoms with Crippen LogP contribution in [0.1, 0.15) is 19.3 Å². The summed E-state index contributed by atoms with van der Waals surface area (Å²) >= 11 is 0. The summed E-state index contributed by atoms with van der Waals surface area (Å²) in [6, 6.07) is 1.82. The molecule has 15 heavy (non-hydrogen) atoms. The standard InChI is InChI=1S/C11H19N3O/c15-8-14-10-5-11(14)7-13(6-10)9-1-3-12-4-2-9/h8-12H,1-7H2/t10-,11?/m0/s1. The maximum absolute atomic E-state index is 10.8. The Hall–Kier alpha value is -0.610. The van der Waals surface area contributed by atoms with Gasteiger partial charge in [-0.25, -0.2) is 0 Å². The second kappa shape index (κ2) is 3.76. The Morgan fingerprint density at radius 1 is 1.07 bits per heavy atom. The molecule has 4 aliphatic heterocycles. The van der Waals surface area contributed by atoms with Crippen LogP contribution in [0, 0.1) is 0 Å². The van der Waals surface area contributed by atoms with Crippen LogP contribution < -0.4 is 5.32 Å². The summed E-state index contributed by atoms with van der Waals surface area (Å²) < 4.78 is 0. The van der Waals surface area contributed by atoms with E-state index in [0.29, 0.717) is 12.1 Å². The molecular weight excluding hydrogens is 190 g/mol. The van der Waals surface area contributed by atoms with Gasteiger partial charge in [-0.3, -0.25) is 9.69 Å². The molecule has 1 unspecified atom stereocenters. The monoisotopic (exact) mass is 209 g/mol. The summed E-state index contributed by atoms with van der Waals surface area (Å²) in [5.41, 5.74) is 0. The Morgan fingerprint density at radius 3 is 2.33 bits per heavy atom. The van der Waals surface area contributed by atoms with Crippen LogP contribution in [-0.2, 0) is 4.79 Å². The lowest BCUT2D eigenvalue weighted by molar-refractivity contribution is -0.141. The van der Waals surface area contributed by atoms with Crippen LogP contribution in [0.2, 0.25) is 0 Å². The first-order valence-corrected chi connectivity index (χ1v) is 6.06. The van der Waals surface area contributed by atoms with E-state index in [1.165, 1.54) is 19.3 Å². The molecule has 4 nitrogen and oxygen atoms in total. The highest BCUT2D eigenvalue weighted by molar-refractivity contribution is 5.51. The number of piperidine rings is 2. The molecule has 0 radical (unpaired) electrons. The van der Waals surface area contributed by atoms with Crippen LogP contribution in [0.5, 0.6) is 0 Å². The second-order valence-electron chi connectivity index (χ2n) is 5.03. The minimum Gasteiger partial charge on any atom is -0.337 e. The summed E-state index contributed by atoms with van der Waals surface area (Å²) in [5.74, 6) is 0. The summed E-state index contributed by atoms with van der Waals surface area (Å²) in [4.78, 5) is 15.4. The van der Waals surface area contributed by atoms with Gasteiger partial charge in [-0.1, -0.05) is 0 Å². The lowest BCUT2D eigenvalue weighted by Crippen LogP contribution is -2.69. The molecule has 84 valence electrons. The van der Waals surface area contributed by atoms with Crippen molar-refractivity contribution in [2.45, 2.75) is 37.4 Å². The van der Waals surface area contributed by atoms with Crippen LogP contribution in [0.3, 0.4) is 0 Å². The van der Waals surface area contributed by atoms with Gasteiger partial charge in [0.1, 0.15) is 0 Å². The second-order valence-corrected chi connectivity index (χ2v) is 5.03. The average molecular weight is 209 g/mol. The normalized spacial score (nSPS) is 37.5. The van der Waals surface area contributed by atoms with Gasteiger partial charge in [0.25, 0.3) is 0 Å². The number of hydrogen-bond donors (Lipinski definition) is 1. The molecule has 4 rings (SSSR count). The number of piperazine rings is 1. The number of carbonyl (C=O) groups excluding carboxylic acids is 1. The first kappa shape index (κ1) is 9.60. The molecule has 4 aliphatic rings. The third kappa shape index (κ3) is 1.56. The number of fused-ring (bicyclic) bond motifs is 2. The van der Waals surface area contributed by atoms with Crippen LogP contribution >= 0.6 is 0 Å². The van der Waals surface area contributed by atoms with Crippen molar-refractivity contribution in [3.8, 4) is 0 Å². The van der Waals surface area contributed by atoms with Gasteiger partial charge in [0, 0.05) is 31.2 Å². The molecule has 4 fully saturated rings. The summed E-state index contributed by atoms with van der Waals surface area (Å²) in [5, 5.41) is 3.40. The third-order valence-corrected chi connectivity index (χ3v) is 4.22. The van der Waals surface area contributed by atoms with Crippen molar-refractivity contribution in [3.63, 3.8) is 0 Å². The molecule has 0 aromatic carbocycles. The Balaban J connectivity index is 1.59. The van der Waals surface area contributed by atoms with Crippen molar-refractivity contribution >= 4 is 6.41 Å². The van der Waals surface area contributed by atoms with Crippen molar-refractivity contribution in [2.24, 2.45) is 0 Å². The summed E-state index contributed by atoms with van der Waals surface area (Å²) in [6.45, 7) is 4.54. The first-order valence-electron chi connectivity index (χ1n) is 6.06. The number of rotatable bonds is 2. The maximum atomic E-state index is 10.8. The molecule has 0 aliphatic carbocycles. The maximum Gasteiger partial charge on any atom is 0.210 e. The predicted molar refractivity (Wildman–Crippen MR) is 57.6 cm³/mol. The van der Waals surface area contributed by atoms with Crippen molar-refractivity contribution in [1.82, 2.24) is 15.1 Å². The molecule has 2 atom stereocenters. The van der Waals surface area contributed by atoms with Crippen LogP contribution in [0.4, 0.5) is 0 Å². The SMILES string of the molecule is O=CN1C2C[C@H]1CN(C1CCNCC1)C2. The zero-order chi connectivity index (χ0) is 10.3. The van der Waals surface area contributed by atoms with Crippen molar-refractivity contribution in [2.75, 3.05) is 26.2 Å². The van der Waals surface area contributed by atoms with Crippen LogP contribution in [-0.4, -0.2) is 60.5 Å². The fourth-order valence-electron chi connectivity index (χ4n) is 3.31. The van der Waals surface area contributed by atoms with Gasteiger partial charge in [0.2, 0.25) is 6.41 Å². The Kier molecular flexibility index (Phi) is 2.41. The molecule has 4 saturated heterocycles. The molecule has 4 heteroatoms. The Labute approximate surface area is 90.6 Å². The highest BCUT2D eigenvalue weighted by Gasteiger charge is 2.45. The van der Waals surface area contributed by atoms with Gasteiger partial charge in [-0.05, 0) is 32.4 Å². The average Bonchev–Trinajstić information content (AvgIpc) is 2.31. The predicted octanol–water partition coefficient (Wildman–Crippen LogP) is -0.347. The Bertz CT molecular complexity index is 240. The molecule has 4 heterocycles. The van der Waals surface area contributed by atoms with Crippen LogP contribution in [0.15, 0.2) is 0 Å². The molecule has 0 aromatic heterocycles. The van der Waals surface area contributed by atoms with E-state index in [1.807, 2.05) is 4.90 Å². The zero-order valence-electron chi connectivity index (χ0n) is 9.06. The molecule has 0 saturated carbocycles. The molecular formula is C11H19N3O. The quantitative estimate of drug-likeness (QED) is 0.632. The van der Waals surface area contributed by atoms with E-state index in [-0.39, 0.29) is 0 Å². The van der Waals surface area contributed by atoms with Crippen molar-refractivity contribution < 1.29 is 4.79 Å². The molecule has 1 amide bonds. The lowest BCUT2D eigenvalue weighted by Gasteiger charge is -2.56. The molecule has 0 spiro atoms. The zero-order valence-corrected chi connectivity index (χ0v) is 9.06. The van der Waals surface area contributed by atoms with Gasteiger partial charge in [0.15, 0.2) is 0 Å². The Morgan fingerprint density at radius 2 is 1.73 bits per heavy atom.